The van der Waals surface area contributed by atoms with E-state index in [-0.39, 0.29) is 0 Å². The summed E-state index contributed by atoms with van der Waals surface area (Å²) < 4.78 is 0. The summed E-state index contributed by atoms with van der Waals surface area (Å²) in [5, 5.41) is 0. The molecule has 27 heavy (non-hydrogen) atoms. The number of hydrogen-bond donors (Lipinski definition) is 0. The average Bonchev–Trinajstić information content (AvgIpc) is 2.65. The molecule has 0 N–H and O–H groups in total. The molecule has 0 amide bonds. The van der Waals surface area contributed by atoms with Crippen molar-refractivity contribution < 1.29 is 4.79 Å². The smallest absolute Gasteiger partial charge is 0.162 e. The monoisotopic (exact) mass is 372 g/mol. The maximum atomic E-state index is 12.3. The lowest BCUT2D eigenvalue weighted by Crippen LogP contribution is -2.00. The maximum Gasteiger partial charge on any atom is 0.162 e. The fourth-order valence-electron chi connectivity index (χ4n) is 3.75. The Morgan fingerprint density at radius 1 is 0.704 bits per heavy atom. The molecule has 0 unspecified atom stereocenters. The van der Waals surface area contributed by atoms with Gasteiger partial charge >= 0.3 is 0 Å². The summed E-state index contributed by atoms with van der Waals surface area (Å²) >= 11 is 0. The van der Waals surface area contributed by atoms with Crippen molar-refractivity contribution in [2.24, 2.45) is 5.92 Å². The molecule has 0 saturated heterocycles. The van der Waals surface area contributed by atoms with Gasteiger partial charge in [0.2, 0.25) is 0 Å². The molecule has 0 radical (unpaired) electrons. The second kappa shape index (κ2) is 15.9. The summed E-state index contributed by atoms with van der Waals surface area (Å²) in [5.41, 5.74) is 2.23. The fourth-order valence-corrected chi connectivity index (χ4v) is 3.75. The summed E-state index contributed by atoms with van der Waals surface area (Å²) in [4.78, 5) is 12.3. The molecular formula is C26H44O. The molecule has 0 fully saturated rings. The van der Waals surface area contributed by atoms with Gasteiger partial charge in [-0.3, -0.25) is 4.79 Å². The van der Waals surface area contributed by atoms with Gasteiger partial charge in [0.1, 0.15) is 0 Å². The fraction of sp³-hybridized carbons (Fsp3) is 0.731. The van der Waals surface area contributed by atoms with Gasteiger partial charge in [-0.05, 0) is 24.3 Å². The van der Waals surface area contributed by atoms with Crippen LogP contribution in [0.4, 0.5) is 0 Å². The SMILES string of the molecule is CCCCCCCCCCCCCCCC(=O)c1ccc(CC(C)C)cc1. The van der Waals surface area contributed by atoms with Gasteiger partial charge in [0.25, 0.3) is 0 Å². The topological polar surface area (TPSA) is 17.1 Å². The lowest BCUT2D eigenvalue weighted by molar-refractivity contribution is 0.0979. The summed E-state index contributed by atoms with van der Waals surface area (Å²) in [7, 11) is 0. The van der Waals surface area contributed by atoms with E-state index in [9.17, 15) is 4.79 Å². The van der Waals surface area contributed by atoms with E-state index >= 15 is 0 Å². The molecule has 0 heterocycles. The molecule has 0 aliphatic carbocycles. The van der Waals surface area contributed by atoms with Gasteiger partial charge < -0.3 is 0 Å². The van der Waals surface area contributed by atoms with E-state index < -0.39 is 0 Å². The number of unbranched alkanes of at least 4 members (excludes halogenated alkanes) is 12. The highest BCUT2D eigenvalue weighted by Gasteiger charge is 2.06. The molecule has 0 saturated carbocycles. The van der Waals surface area contributed by atoms with Crippen molar-refractivity contribution in [1.82, 2.24) is 0 Å². The summed E-state index contributed by atoms with van der Waals surface area (Å²) in [6.45, 7) is 6.74. The van der Waals surface area contributed by atoms with Crippen LogP contribution in [-0.4, -0.2) is 5.78 Å². The first-order valence-corrected chi connectivity index (χ1v) is 11.8. The normalized spacial score (nSPS) is 11.3. The Labute approximate surface area is 169 Å². The van der Waals surface area contributed by atoms with Crippen molar-refractivity contribution in [2.45, 2.75) is 117 Å². The van der Waals surface area contributed by atoms with E-state index in [0.717, 1.165) is 18.4 Å². The van der Waals surface area contributed by atoms with Crippen LogP contribution < -0.4 is 0 Å². The second-order valence-corrected chi connectivity index (χ2v) is 8.71. The number of benzene rings is 1. The van der Waals surface area contributed by atoms with E-state index in [1.165, 1.54) is 82.6 Å². The Morgan fingerprint density at radius 2 is 1.15 bits per heavy atom. The largest absolute Gasteiger partial charge is 0.294 e. The maximum absolute atomic E-state index is 12.3. The Hall–Kier alpha value is -1.11. The average molecular weight is 373 g/mol. The van der Waals surface area contributed by atoms with Crippen LogP contribution in [0.3, 0.4) is 0 Å². The molecule has 1 nitrogen and oxygen atoms in total. The molecular weight excluding hydrogens is 328 g/mol. The van der Waals surface area contributed by atoms with E-state index in [1.54, 1.807) is 0 Å². The van der Waals surface area contributed by atoms with E-state index in [0.29, 0.717) is 18.1 Å². The lowest BCUT2D eigenvalue weighted by atomic mass is 9.99. The van der Waals surface area contributed by atoms with Gasteiger partial charge in [-0.25, -0.2) is 0 Å². The van der Waals surface area contributed by atoms with Crippen molar-refractivity contribution in [3.63, 3.8) is 0 Å². The minimum Gasteiger partial charge on any atom is -0.294 e. The quantitative estimate of drug-likeness (QED) is 0.198. The third-order valence-corrected chi connectivity index (χ3v) is 5.43. The van der Waals surface area contributed by atoms with E-state index in [4.69, 9.17) is 0 Å². The minimum absolute atomic E-state index is 0.314. The molecule has 1 aromatic rings. The molecule has 0 spiro atoms. The van der Waals surface area contributed by atoms with Crippen LogP contribution in [0.25, 0.3) is 0 Å². The molecule has 0 aromatic heterocycles. The molecule has 1 heteroatoms. The van der Waals surface area contributed by atoms with Crippen molar-refractivity contribution in [1.29, 1.82) is 0 Å². The zero-order valence-electron chi connectivity index (χ0n) is 18.4. The van der Waals surface area contributed by atoms with Crippen molar-refractivity contribution >= 4 is 5.78 Å². The van der Waals surface area contributed by atoms with Crippen molar-refractivity contribution in [2.75, 3.05) is 0 Å². The minimum atomic E-state index is 0.314. The predicted molar refractivity (Wildman–Crippen MR) is 120 cm³/mol. The molecule has 1 aromatic carbocycles. The van der Waals surface area contributed by atoms with Crippen LogP contribution in [0.15, 0.2) is 24.3 Å². The summed E-state index contributed by atoms with van der Waals surface area (Å²) in [5.74, 6) is 0.978. The zero-order chi connectivity index (χ0) is 19.7. The number of carbonyl (C=O) groups is 1. The zero-order valence-corrected chi connectivity index (χ0v) is 18.4. The predicted octanol–water partition coefficient (Wildman–Crippen LogP) is 8.55. The van der Waals surface area contributed by atoms with Gasteiger partial charge in [0, 0.05) is 12.0 Å². The van der Waals surface area contributed by atoms with Gasteiger partial charge in [0.05, 0.1) is 0 Å². The Balaban J connectivity index is 1.96. The van der Waals surface area contributed by atoms with Crippen LogP contribution in [0.2, 0.25) is 0 Å². The van der Waals surface area contributed by atoms with Crippen LogP contribution in [0, 0.1) is 5.92 Å². The van der Waals surface area contributed by atoms with Crippen LogP contribution >= 0.6 is 0 Å². The highest BCUT2D eigenvalue weighted by molar-refractivity contribution is 5.96. The third kappa shape index (κ3) is 12.8. The first-order chi connectivity index (χ1) is 13.1. The number of ketones is 1. The Bertz CT molecular complexity index is 471. The van der Waals surface area contributed by atoms with Crippen molar-refractivity contribution in [3.05, 3.63) is 35.4 Å². The molecule has 0 bridgehead atoms. The van der Waals surface area contributed by atoms with Crippen LogP contribution in [0.5, 0.6) is 0 Å². The van der Waals surface area contributed by atoms with E-state index in [2.05, 4.69) is 32.9 Å². The molecule has 0 aliphatic rings. The first kappa shape index (κ1) is 23.9. The lowest BCUT2D eigenvalue weighted by Gasteiger charge is -2.06. The van der Waals surface area contributed by atoms with Gasteiger partial charge in [-0.1, -0.05) is 122 Å². The molecule has 1 rings (SSSR count). The summed E-state index contributed by atoms with van der Waals surface area (Å²) in [6, 6.07) is 8.28. The third-order valence-electron chi connectivity index (χ3n) is 5.43. The number of carbonyl (C=O) groups excluding carboxylic acids is 1. The number of hydrogen-bond acceptors (Lipinski definition) is 1. The molecule has 154 valence electrons. The highest BCUT2D eigenvalue weighted by atomic mass is 16.1. The molecule has 0 aliphatic heterocycles. The number of rotatable bonds is 17. The van der Waals surface area contributed by atoms with Gasteiger partial charge in [0.15, 0.2) is 5.78 Å². The van der Waals surface area contributed by atoms with E-state index in [1.807, 2.05) is 12.1 Å². The standard InChI is InChI=1S/C26H44O/c1-4-5-6-7-8-9-10-11-12-13-14-15-16-17-26(27)25-20-18-24(19-21-25)22-23(2)3/h18-21,23H,4-17,22H2,1-3H3. The second-order valence-electron chi connectivity index (χ2n) is 8.71. The van der Waals surface area contributed by atoms with Crippen LogP contribution in [-0.2, 0) is 6.42 Å². The van der Waals surface area contributed by atoms with Crippen LogP contribution in [0.1, 0.15) is 127 Å². The molecule has 0 atom stereocenters. The summed E-state index contributed by atoms with van der Waals surface area (Å²) in [6.07, 6.45) is 19.3. The highest BCUT2D eigenvalue weighted by Crippen LogP contribution is 2.15. The Morgan fingerprint density at radius 3 is 1.59 bits per heavy atom. The van der Waals surface area contributed by atoms with Gasteiger partial charge in [-0.2, -0.15) is 0 Å². The van der Waals surface area contributed by atoms with Gasteiger partial charge in [-0.15, -0.1) is 0 Å². The Kier molecular flexibility index (Phi) is 14.1. The first-order valence-electron chi connectivity index (χ1n) is 11.8. The van der Waals surface area contributed by atoms with Crippen molar-refractivity contribution in [3.8, 4) is 0 Å². The number of Topliss-reactive ketones (excluding diaryl/α,β-unsaturated/α-hetero) is 1.